The molecule has 0 aromatic carbocycles. The van der Waals surface area contributed by atoms with Crippen LogP contribution in [0.4, 0.5) is 0 Å². The molecule has 0 aromatic rings. The summed E-state index contributed by atoms with van der Waals surface area (Å²) in [6, 6.07) is 2.29. The predicted octanol–water partition coefficient (Wildman–Crippen LogP) is 2.71. The van der Waals surface area contributed by atoms with Crippen molar-refractivity contribution in [1.82, 2.24) is 4.67 Å². The molecule has 124 valence electrons. The van der Waals surface area contributed by atoms with E-state index in [0.29, 0.717) is 6.42 Å². The Hall–Kier alpha value is -0.250. The van der Waals surface area contributed by atoms with Crippen molar-refractivity contribution < 1.29 is 17.5 Å². The minimum absolute atomic E-state index is 0.0143. The Balaban J connectivity index is 4.66. The second-order valence-electron chi connectivity index (χ2n) is 5.22. The van der Waals surface area contributed by atoms with Crippen LogP contribution >= 0.6 is 8.53 Å². The van der Waals surface area contributed by atoms with Gasteiger partial charge in [-0.3, -0.25) is 0 Å². The number of nitriles is 1. The van der Waals surface area contributed by atoms with Gasteiger partial charge in [0, 0.05) is 17.8 Å². The van der Waals surface area contributed by atoms with E-state index in [1.165, 1.54) is 0 Å². The van der Waals surface area contributed by atoms with Gasteiger partial charge in [0.05, 0.1) is 18.4 Å². The second-order valence-corrected chi connectivity index (χ2v) is 8.98. The molecule has 21 heavy (non-hydrogen) atoms. The van der Waals surface area contributed by atoms with Gasteiger partial charge < -0.3 is 9.05 Å². The third kappa shape index (κ3) is 8.70. The van der Waals surface area contributed by atoms with Crippen LogP contribution in [0.2, 0.25) is 0 Å². The molecule has 0 radical (unpaired) electrons. The van der Waals surface area contributed by atoms with Crippen LogP contribution in [0.15, 0.2) is 0 Å². The normalized spacial score (nSPS) is 13.9. The first-order valence-corrected chi connectivity index (χ1v) is 10.1. The second kappa shape index (κ2) is 10.5. The molecule has 6 nitrogen and oxygen atoms in total. The zero-order valence-electron chi connectivity index (χ0n) is 13.6. The van der Waals surface area contributed by atoms with Gasteiger partial charge in [-0.2, -0.15) is 5.26 Å². The molecular weight excluding hydrogens is 311 g/mol. The van der Waals surface area contributed by atoms with Gasteiger partial charge in [0.15, 0.2) is 9.84 Å². The summed E-state index contributed by atoms with van der Waals surface area (Å²) < 4.78 is 36.5. The third-order valence-corrected chi connectivity index (χ3v) is 6.47. The average Bonchev–Trinajstić information content (AvgIpc) is 2.34. The highest BCUT2D eigenvalue weighted by Crippen LogP contribution is 2.45. The largest absolute Gasteiger partial charge is 0.321 e. The Kier molecular flexibility index (Phi) is 10.3. The molecule has 0 amide bonds. The molecule has 0 heterocycles. The first-order valence-electron chi connectivity index (χ1n) is 7.16. The molecule has 8 heteroatoms. The monoisotopic (exact) mass is 338 g/mol. The van der Waals surface area contributed by atoms with Crippen LogP contribution in [0.5, 0.6) is 0 Å². The van der Waals surface area contributed by atoms with Gasteiger partial charge in [-0.05, 0) is 34.1 Å². The topological polar surface area (TPSA) is 79.6 Å². The van der Waals surface area contributed by atoms with E-state index in [0.717, 1.165) is 0 Å². The van der Waals surface area contributed by atoms with Crippen LogP contribution in [-0.2, 0) is 18.9 Å². The Morgan fingerprint density at radius 3 is 2.14 bits per heavy atom. The van der Waals surface area contributed by atoms with Crippen molar-refractivity contribution in [1.29, 1.82) is 5.26 Å². The lowest BCUT2D eigenvalue weighted by Crippen LogP contribution is -2.34. The van der Waals surface area contributed by atoms with Crippen molar-refractivity contribution in [3.8, 4) is 6.07 Å². The fraction of sp³-hybridized carbons (Fsp3) is 0.923. The van der Waals surface area contributed by atoms with E-state index >= 15 is 0 Å². The van der Waals surface area contributed by atoms with E-state index < -0.39 is 18.4 Å². The highest BCUT2D eigenvalue weighted by molar-refractivity contribution is 7.91. The number of sulfone groups is 1. The summed E-state index contributed by atoms with van der Waals surface area (Å²) in [5.74, 6) is 0.158. The molecule has 0 bridgehead atoms. The first kappa shape index (κ1) is 20.8. The zero-order valence-corrected chi connectivity index (χ0v) is 15.3. The lowest BCUT2D eigenvalue weighted by atomic mass is 10.3. The van der Waals surface area contributed by atoms with Crippen molar-refractivity contribution in [3.63, 3.8) is 0 Å². The molecule has 0 aromatic heterocycles. The maximum Gasteiger partial charge on any atom is 0.260 e. The van der Waals surface area contributed by atoms with Gasteiger partial charge in [0.2, 0.25) is 0 Å². The van der Waals surface area contributed by atoms with Gasteiger partial charge >= 0.3 is 0 Å². The van der Waals surface area contributed by atoms with Gasteiger partial charge in [-0.1, -0.05) is 6.92 Å². The molecule has 0 aliphatic carbocycles. The van der Waals surface area contributed by atoms with Crippen LogP contribution in [-0.4, -0.2) is 49.9 Å². The highest BCUT2D eigenvalue weighted by atomic mass is 32.2. The Morgan fingerprint density at radius 2 is 1.71 bits per heavy atom. The van der Waals surface area contributed by atoms with Crippen molar-refractivity contribution in [2.75, 3.05) is 24.7 Å². The molecule has 0 spiro atoms. The quantitative estimate of drug-likeness (QED) is 0.539. The standard InChI is InChI=1S/C13H27N2O4PS/c1-6-10-21(16,17)11-9-19-20(18-8-7-14)15(12(2)3)13(4)5/h12-13H,6,8-11H2,1-5H3. The molecule has 0 saturated carbocycles. The van der Waals surface area contributed by atoms with E-state index in [4.69, 9.17) is 14.3 Å². The fourth-order valence-corrected chi connectivity index (χ4v) is 4.68. The number of hydrogen-bond donors (Lipinski definition) is 0. The van der Waals surface area contributed by atoms with Gasteiger partial charge in [0.1, 0.15) is 6.61 Å². The average molecular weight is 338 g/mol. The predicted molar refractivity (Wildman–Crippen MR) is 85.5 cm³/mol. The summed E-state index contributed by atoms with van der Waals surface area (Å²) in [6.07, 6.45) is 0.603. The number of nitrogens with zero attached hydrogens (tertiary/aromatic N) is 2. The summed E-state index contributed by atoms with van der Waals surface area (Å²) >= 11 is 0. The first-order chi connectivity index (χ1) is 9.75. The van der Waals surface area contributed by atoms with E-state index in [1.54, 1.807) is 0 Å². The smallest absolute Gasteiger partial charge is 0.260 e. The van der Waals surface area contributed by atoms with Gasteiger partial charge in [-0.25, -0.2) is 13.1 Å². The lowest BCUT2D eigenvalue weighted by Gasteiger charge is -2.35. The van der Waals surface area contributed by atoms with E-state index in [-0.39, 0.29) is 36.8 Å². The van der Waals surface area contributed by atoms with Gasteiger partial charge in [-0.15, -0.1) is 0 Å². The number of rotatable bonds is 11. The molecule has 1 atom stereocenters. The minimum Gasteiger partial charge on any atom is -0.321 e. The Labute approximate surface area is 130 Å². The Morgan fingerprint density at radius 1 is 1.14 bits per heavy atom. The maximum absolute atomic E-state index is 11.7. The number of hydrogen-bond acceptors (Lipinski definition) is 6. The highest BCUT2D eigenvalue weighted by Gasteiger charge is 2.27. The summed E-state index contributed by atoms with van der Waals surface area (Å²) in [5, 5.41) is 8.66. The van der Waals surface area contributed by atoms with Gasteiger partial charge in [0.25, 0.3) is 8.53 Å². The molecule has 0 fully saturated rings. The Bertz CT molecular complexity index is 412. The van der Waals surface area contributed by atoms with Crippen LogP contribution in [0, 0.1) is 11.3 Å². The van der Waals surface area contributed by atoms with Crippen molar-refractivity contribution in [2.45, 2.75) is 53.1 Å². The molecule has 0 saturated heterocycles. The minimum atomic E-state index is -3.07. The van der Waals surface area contributed by atoms with Crippen LogP contribution in [0.25, 0.3) is 0 Å². The summed E-state index contributed by atoms with van der Waals surface area (Å²) in [7, 11) is -4.49. The summed E-state index contributed by atoms with van der Waals surface area (Å²) in [5.41, 5.74) is 0. The van der Waals surface area contributed by atoms with Crippen molar-refractivity contribution in [2.24, 2.45) is 0 Å². The molecule has 0 N–H and O–H groups in total. The maximum atomic E-state index is 11.7. The third-order valence-electron chi connectivity index (χ3n) is 2.60. The summed E-state index contributed by atoms with van der Waals surface area (Å²) in [6.45, 7) is 9.92. The SMILES string of the molecule is CCCS(=O)(=O)CCOP(OCC#N)N(C(C)C)C(C)C. The lowest BCUT2D eigenvalue weighted by molar-refractivity contribution is 0.192. The van der Waals surface area contributed by atoms with Crippen molar-refractivity contribution in [3.05, 3.63) is 0 Å². The molecule has 0 aliphatic heterocycles. The van der Waals surface area contributed by atoms with Crippen LogP contribution in [0.1, 0.15) is 41.0 Å². The molecule has 0 rings (SSSR count). The molecule has 1 unspecified atom stereocenters. The van der Waals surface area contributed by atoms with E-state index in [1.807, 2.05) is 45.4 Å². The van der Waals surface area contributed by atoms with Crippen LogP contribution in [0.3, 0.4) is 0 Å². The zero-order chi connectivity index (χ0) is 16.5. The van der Waals surface area contributed by atoms with E-state index in [9.17, 15) is 8.42 Å². The molecule has 0 aliphatic rings. The van der Waals surface area contributed by atoms with E-state index in [2.05, 4.69) is 0 Å². The fourth-order valence-electron chi connectivity index (χ4n) is 1.88. The van der Waals surface area contributed by atoms with Crippen LogP contribution < -0.4 is 0 Å². The van der Waals surface area contributed by atoms with Crippen molar-refractivity contribution >= 4 is 18.4 Å². The summed E-state index contributed by atoms with van der Waals surface area (Å²) in [4.78, 5) is 0. The molecular formula is C13H27N2O4PS.